The second-order valence-electron chi connectivity index (χ2n) is 4.09. The molecule has 0 unspecified atom stereocenters. The van der Waals surface area contributed by atoms with Gasteiger partial charge in [0.1, 0.15) is 5.82 Å². The van der Waals surface area contributed by atoms with Gasteiger partial charge < -0.3 is 10.3 Å². The highest BCUT2D eigenvalue weighted by molar-refractivity contribution is 9.10. The van der Waals surface area contributed by atoms with Crippen LogP contribution < -0.4 is 10.5 Å². The third kappa shape index (κ3) is 3.14. The van der Waals surface area contributed by atoms with Crippen LogP contribution in [0.1, 0.15) is 5.82 Å². The molecular weight excluding hydrogens is 368 g/mol. The molecule has 0 radical (unpaired) electrons. The topological polar surface area (TPSA) is 90.0 Å². The lowest BCUT2D eigenvalue weighted by Crippen LogP contribution is -2.25. The Balaban J connectivity index is 2.29. The highest BCUT2D eigenvalue weighted by Gasteiger charge is 2.20. The molecule has 1 aromatic carbocycles. The van der Waals surface area contributed by atoms with Gasteiger partial charge in [0, 0.05) is 30.2 Å². The zero-order valence-electron chi connectivity index (χ0n) is 10.5. The Labute approximate surface area is 130 Å². The molecule has 2 rings (SSSR count). The number of imidazole rings is 1. The lowest BCUT2D eigenvalue weighted by Gasteiger charge is -2.10. The average Bonchev–Trinajstić information content (AvgIpc) is 2.77. The fraction of sp³-hybridized carbons (Fsp3) is 0.182. The SMILES string of the molecule is Cn1ccnc1CNS(=O)(=O)c1cc(Cl)cc(N)c1Br. The molecule has 1 heterocycles. The van der Waals surface area contributed by atoms with E-state index in [2.05, 4.69) is 25.6 Å². The van der Waals surface area contributed by atoms with Crippen LogP contribution in [-0.2, 0) is 23.6 Å². The highest BCUT2D eigenvalue weighted by Crippen LogP contribution is 2.31. The van der Waals surface area contributed by atoms with Crippen LogP contribution in [0, 0.1) is 0 Å². The molecule has 0 aliphatic carbocycles. The predicted molar refractivity (Wildman–Crippen MR) is 80.8 cm³/mol. The fourth-order valence-electron chi connectivity index (χ4n) is 1.58. The summed E-state index contributed by atoms with van der Waals surface area (Å²) >= 11 is 9.00. The number of sulfonamides is 1. The first-order valence-electron chi connectivity index (χ1n) is 5.51. The van der Waals surface area contributed by atoms with Crippen molar-refractivity contribution in [2.75, 3.05) is 5.73 Å². The summed E-state index contributed by atoms with van der Waals surface area (Å²) in [6.07, 6.45) is 3.33. The van der Waals surface area contributed by atoms with Gasteiger partial charge in [-0.05, 0) is 28.1 Å². The summed E-state index contributed by atoms with van der Waals surface area (Å²) < 4.78 is 29.0. The molecule has 6 nitrogen and oxygen atoms in total. The van der Waals surface area contributed by atoms with Gasteiger partial charge in [0.2, 0.25) is 10.0 Å². The van der Waals surface area contributed by atoms with Crippen LogP contribution >= 0.6 is 27.5 Å². The third-order valence-electron chi connectivity index (χ3n) is 2.66. The number of rotatable bonds is 4. The zero-order valence-corrected chi connectivity index (χ0v) is 13.6. The van der Waals surface area contributed by atoms with Crippen LogP contribution in [-0.4, -0.2) is 18.0 Å². The van der Waals surface area contributed by atoms with Crippen molar-refractivity contribution in [2.24, 2.45) is 7.05 Å². The lowest BCUT2D eigenvalue weighted by atomic mass is 10.3. The second kappa shape index (κ2) is 5.72. The highest BCUT2D eigenvalue weighted by atomic mass is 79.9. The number of hydrogen-bond donors (Lipinski definition) is 2. The fourth-order valence-corrected chi connectivity index (χ4v) is 3.85. The van der Waals surface area contributed by atoms with E-state index in [0.717, 1.165) is 0 Å². The Morgan fingerprint density at radius 1 is 1.50 bits per heavy atom. The second-order valence-corrected chi connectivity index (χ2v) is 7.05. The smallest absolute Gasteiger partial charge is 0.242 e. The molecule has 0 atom stereocenters. The van der Waals surface area contributed by atoms with E-state index >= 15 is 0 Å². The van der Waals surface area contributed by atoms with Gasteiger partial charge in [-0.2, -0.15) is 0 Å². The Morgan fingerprint density at radius 2 is 2.20 bits per heavy atom. The molecule has 2 aromatic rings. The molecule has 0 spiro atoms. The van der Waals surface area contributed by atoms with Crippen molar-refractivity contribution in [1.82, 2.24) is 14.3 Å². The minimum atomic E-state index is -3.74. The minimum absolute atomic E-state index is 0.00305. The average molecular weight is 380 g/mol. The van der Waals surface area contributed by atoms with Crippen LogP contribution in [0.25, 0.3) is 0 Å². The van der Waals surface area contributed by atoms with Crippen molar-refractivity contribution in [3.8, 4) is 0 Å². The van der Waals surface area contributed by atoms with E-state index in [-0.39, 0.29) is 26.6 Å². The van der Waals surface area contributed by atoms with Crippen LogP contribution in [0.5, 0.6) is 0 Å². The largest absolute Gasteiger partial charge is 0.398 e. The Kier molecular flexibility index (Phi) is 4.38. The van der Waals surface area contributed by atoms with Crippen molar-refractivity contribution >= 4 is 43.2 Å². The first-order valence-corrected chi connectivity index (χ1v) is 8.17. The molecule has 0 saturated heterocycles. The number of nitrogens with one attached hydrogen (secondary N) is 1. The molecule has 0 fully saturated rings. The lowest BCUT2D eigenvalue weighted by molar-refractivity contribution is 0.577. The molecule has 0 bridgehead atoms. The standard InChI is InChI=1S/C11H12BrClN4O2S/c1-17-3-2-15-10(17)6-16-20(18,19)9-5-7(13)4-8(14)11(9)12/h2-5,16H,6,14H2,1H3. The van der Waals surface area contributed by atoms with E-state index < -0.39 is 10.0 Å². The third-order valence-corrected chi connectivity index (χ3v) is 5.45. The normalized spacial score (nSPS) is 11.8. The van der Waals surface area contributed by atoms with Gasteiger partial charge in [-0.25, -0.2) is 18.1 Å². The summed E-state index contributed by atoms with van der Waals surface area (Å²) in [4.78, 5) is 4.04. The van der Waals surface area contributed by atoms with Gasteiger partial charge in [0.15, 0.2) is 0 Å². The first-order chi connectivity index (χ1) is 9.31. The molecule has 0 aliphatic rings. The number of aryl methyl sites for hydroxylation is 1. The summed E-state index contributed by atoms with van der Waals surface area (Å²) in [5.74, 6) is 0.597. The van der Waals surface area contributed by atoms with Crippen molar-refractivity contribution in [2.45, 2.75) is 11.4 Å². The summed E-state index contributed by atoms with van der Waals surface area (Å²) in [6.45, 7) is 0.0741. The van der Waals surface area contributed by atoms with Gasteiger partial charge >= 0.3 is 0 Å². The Bertz CT molecular complexity index is 745. The van der Waals surface area contributed by atoms with Crippen LogP contribution in [0.4, 0.5) is 5.69 Å². The maximum Gasteiger partial charge on any atom is 0.242 e. The van der Waals surface area contributed by atoms with Gasteiger partial charge in [-0.3, -0.25) is 0 Å². The minimum Gasteiger partial charge on any atom is -0.398 e. The summed E-state index contributed by atoms with van der Waals surface area (Å²) in [5, 5.41) is 0.253. The van der Waals surface area contributed by atoms with Gasteiger partial charge in [-0.1, -0.05) is 11.6 Å². The van der Waals surface area contributed by atoms with E-state index in [9.17, 15) is 8.42 Å². The predicted octanol–water partition coefficient (Wildman–Crippen LogP) is 1.90. The summed E-state index contributed by atoms with van der Waals surface area (Å²) in [7, 11) is -1.96. The number of nitrogens with zero attached hydrogens (tertiary/aromatic N) is 2. The van der Waals surface area contributed by atoms with Crippen LogP contribution in [0.2, 0.25) is 5.02 Å². The van der Waals surface area contributed by atoms with E-state index in [1.54, 1.807) is 24.0 Å². The molecule has 20 heavy (non-hydrogen) atoms. The maximum absolute atomic E-state index is 12.3. The number of halogens is 2. The van der Waals surface area contributed by atoms with Crippen molar-refractivity contribution in [3.05, 3.63) is 39.8 Å². The zero-order chi connectivity index (χ0) is 14.9. The monoisotopic (exact) mass is 378 g/mol. The molecule has 9 heteroatoms. The molecule has 1 aromatic heterocycles. The Morgan fingerprint density at radius 3 is 2.80 bits per heavy atom. The molecule has 0 aliphatic heterocycles. The van der Waals surface area contributed by atoms with E-state index in [1.807, 2.05) is 0 Å². The van der Waals surface area contributed by atoms with Gasteiger partial charge in [0.05, 0.1) is 15.9 Å². The molecule has 0 amide bonds. The summed E-state index contributed by atoms with van der Waals surface area (Å²) in [5.41, 5.74) is 5.95. The first kappa shape index (κ1) is 15.3. The summed E-state index contributed by atoms with van der Waals surface area (Å²) in [6, 6.07) is 2.81. The van der Waals surface area contributed by atoms with E-state index in [4.69, 9.17) is 17.3 Å². The van der Waals surface area contributed by atoms with Crippen molar-refractivity contribution < 1.29 is 8.42 Å². The molecular formula is C11H12BrClN4O2S. The quantitative estimate of drug-likeness (QED) is 0.794. The van der Waals surface area contributed by atoms with Crippen molar-refractivity contribution in [3.63, 3.8) is 0 Å². The molecule has 3 N–H and O–H groups in total. The number of hydrogen-bond acceptors (Lipinski definition) is 4. The van der Waals surface area contributed by atoms with Gasteiger partial charge in [0.25, 0.3) is 0 Å². The van der Waals surface area contributed by atoms with E-state index in [1.165, 1.54) is 12.1 Å². The molecule has 108 valence electrons. The number of benzene rings is 1. The Hall–Kier alpha value is -1.09. The number of nitrogens with two attached hydrogens (primary N) is 1. The van der Waals surface area contributed by atoms with Crippen LogP contribution in [0.15, 0.2) is 33.9 Å². The van der Waals surface area contributed by atoms with Gasteiger partial charge in [-0.15, -0.1) is 0 Å². The molecule has 0 saturated carbocycles. The van der Waals surface area contributed by atoms with Crippen molar-refractivity contribution in [1.29, 1.82) is 0 Å². The van der Waals surface area contributed by atoms with Crippen LogP contribution in [0.3, 0.4) is 0 Å². The number of nitrogen functional groups attached to an aromatic ring is 1. The number of aromatic nitrogens is 2. The van der Waals surface area contributed by atoms with E-state index in [0.29, 0.717) is 5.82 Å². The number of anilines is 1. The maximum atomic E-state index is 12.3.